The second kappa shape index (κ2) is 8.90. The molecule has 0 N–H and O–H groups in total. The fourth-order valence-corrected chi connectivity index (χ4v) is 3.84. The number of nitrogens with zero attached hydrogens (tertiary/aromatic N) is 2. The van der Waals surface area contributed by atoms with E-state index in [0.717, 1.165) is 63.7 Å². The fourth-order valence-electron chi connectivity index (χ4n) is 3.84. The summed E-state index contributed by atoms with van der Waals surface area (Å²) in [6, 6.07) is 0. The molecule has 0 aromatic carbocycles. The topological polar surface area (TPSA) is 40.6 Å². The van der Waals surface area contributed by atoms with Crippen LogP contribution in [0.1, 0.15) is 44.9 Å². The Morgan fingerprint density at radius 3 is 1.43 bits per heavy atom. The van der Waals surface area contributed by atoms with E-state index in [0.29, 0.717) is 0 Å². The molecular formula is C19H30N2O2. The third-order valence-corrected chi connectivity index (χ3v) is 5.43. The Hall–Kier alpha value is -1.58. The van der Waals surface area contributed by atoms with Crippen LogP contribution >= 0.6 is 0 Å². The van der Waals surface area contributed by atoms with E-state index in [1.807, 2.05) is 9.80 Å². The number of hydrogen-bond acceptors (Lipinski definition) is 2. The molecule has 128 valence electrons. The van der Waals surface area contributed by atoms with Crippen molar-refractivity contribution in [2.45, 2.75) is 44.9 Å². The monoisotopic (exact) mass is 318 g/mol. The lowest BCUT2D eigenvalue weighted by Gasteiger charge is -2.33. The Labute approximate surface area is 140 Å². The van der Waals surface area contributed by atoms with Crippen LogP contribution in [0.2, 0.25) is 0 Å². The summed E-state index contributed by atoms with van der Waals surface area (Å²) in [4.78, 5) is 27.0. The highest BCUT2D eigenvalue weighted by Gasteiger charge is 2.23. The highest BCUT2D eigenvalue weighted by molar-refractivity contribution is 5.87. The molecule has 0 atom stereocenters. The lowest BCUT2D eigenvalue weighted by molar-refractivity contribution is -0.128. The van der Waals surface area contributed by atoms with E-state index in [4.69, 9.17) is 0 Å². The van der Waals surface area contributed by atoms with Gasteiger partial charge in [0.05, 0.1) is 0 Å². The van der Waals surface area contributed by atoms with Gasteiger partial charge in [-0.2, -0.15) is 0 Å². The molecule has 2 aliphatic rings. The van der Waals surface area contributed by atoms with Gasteiger partial charge in [-0.1, -0.05) is 32.4 Å². The van der Waals surface area contributed by atoms with Crippen LogP contribution < -0.4 is 0 Å². The summed E-state index contributed by atoms with van der Waals surface area (Å²) in [7, 11) is 0. The van der Waals surface area contributed by atoms with E-state index in [-0.39, 0.29) is 11.8 Å². The van der Waals surface area contributed by atoms with Crippen LogP contribution in [0.25, 0.3) is 0 Å². The lowest BCUT2D eigenvalue weighted by Crippen LogP contribution is -2.38. The zero-order chi connectivity index (χ0) is 16.7. The van der Waals surface area contributed by atoms with Crippen LogP contribution in [0.15, 0.2) is 25.3 Å². The number of hydrogen-bond donors (Lipinski definition) is 0. The van der Waals surface area contributed by atoms with Crippen LogP contribution in [0.4, 0.5) is 0 Å². The molecular weight excluding hydrogens is 288 g/mol. The van der Waals surface area contributed by atoms with Crippen molar-refractivity contribution >= 4 is 11.8 Å². The van der Waals surface area contributed by atoms with Crippen molar-refractivity contribution < 1.29 is 9.59 Å². The largest absolute Gasteiger partial charge is 0.339 e. The number of rotatable bonds is 6. The van der Waals surface area contributed by atoms with Crippen LogP contribution in [0, 0.1) is 11.8 Å². The molecule has 4 nitrogen and oxygen atoms in total. The van der Waals surface area contributed by atoms with Crippen molar-refractivity contribution in [3.8, 4) is 0 Å². The molecule has 0 aromatic rings. The minimum atomic E-state index is 0.0734. The zero-order valence-corrected chi connectivity index (χ0v) is 14.2. The third-order valence-electron chi connectivity index (χ3n) is 5.43. The number of carbonyl (C=O) groups is 2. The van der Waals surface area contributed by atoms with Crippen molar-refractivity contribution in [3.63, 3.8) is 0 Å². The van der Waals surface area contributed by atoms with Crippen molar-refractivity contribution in [1.82, 2.24) is 9.80 Å². The number of amides is 2. The first-order chi connectivity index (χ1) is 11.1. The molecule has 4 heteroatoms. The van der Waals surface area contributed by atoms with Crippen LogP contribution in [0.3, 0.4) is 0 Å². The van der Waals surface area contributed by atoms with Crippen LogP contribution in [-0.4, -0.2) is 47.8 Å². The Balaban J connectivity index is 1.58. The average Bonchev–Trinajstić information content (AvgIpc) is 2.61. The summed E-state index contributed by atoms with van der Waals surface area (Å²) < 4.78 is 0. The van der Waals surface area contributed by atoms with Gasteiger partial charge in [-0.3, -0.25) is 9.59 Å². The van der Waals surface area contributed by atoms with Gasteiger partial charge >= 0.3 is 0 Å². The standard InChI is InChI=1S/C19H30N2O2/c1-3-18(22)20-12-8-16(9-13-20)6-5-7-17-10-14-21(15-11-17)19(23)4-2/h3-4,16-17H,1-2,5-15H2. The van der Waals surface area contributed by atoms with Gasteiger partial charge in [0.2, 0.25) is 11.8 Å². The van der Waals surface area contributed by atoms with E-state index in [1.54, 1.807) is 0 Å². The fraction of sp³-hybridized carbons (Fsp3) is 0.684. The molecule has 2 fully saturated rings. The van der Waals surface area contributed by atoms with Gasteiger partial charge in [0.25, 0.3) is 0 Å². The van der Waals surface area contributed by atoms with Gasteiger partial charge < -0.3 is 9.80 Å². The van der Waals surface area contributed by atoms with Crippen molar-refractivity contribution in [1.29, 1.82) is 0 Å². The van der Waals surface area contributed by atoms with Gasteiger partial charge in [0.15, 0.2) is 0 Å². The summed E-state index contributed by atoms with van der Waals surface area (Å²) in [5, 5.41) is 0. The first kappa shape index (κ1) is 17.8. The summed E-state index contributed by atoms with van der Waals surface area (Å²) in [6.45, 7) is 10.7. The molecule has 2 saturated heterocycles. The number of carbonyl (C=O) groups excluding carboxylic acids is 2. The Bertz CT molecular complexity index is 391. The quantitative estimate of drug-likeness (QED) is 0.706. The summed E-state index contributed by atoms with van der Waals surface area (Å²) in [5.74, 6) is 1.69. The molecule has 0 unspecified atom stereocenters. The highest BCUT2D eigenvalue weighted by Crippen LogP contribution is 2.27. The first-order valence-electron chi connectivity index (χ1n) is 8.96. The minimum absolute atomic E-state index is 0.0734. The van der Waals surface area contributed by atoms with Crippen molar-refractivity contribution in [2.24, 2.45) is 11.8 Å². The molecule has 23 heavy (non-hydrogen) atoms. The molecule has 2 rings (SSSR count). The number of likely N-dealkylation sites (tertiary alicyclic amines) is 2. The van der Waals surface area contributed by atoms with Gasteiger partial charge in [0.1, 0.15) is 0 Å². The maximum Gasteiger partial charge on any atom is 0.245 e. The molecule has 0 aliphatic carbocycles. The smallest absolute Gasteiger partial charge is 0.245 e. The second-order valence-corrected chi connectivity index (χ2v) is 6.88. The SMILES string of the molecule is C=CC(=O)N1CCC(CCCC2CCN(C(=O)C=C)CC2)CC1. The summed E-state index contributed by atoms with van der Waals surface area (Å²) in [5.41, 5.74) is 0. The van der Waals surface area contributed by atoms with Crippen LogP contribution in [0.5, 0.6) is 0 Å². The van der Waals surface area contributed by atoms with Gasteiger partial charge in [-0.15, -0.1) is 0 Å². The van der Waals surface area contributed by atoms with E-state index < -0.39 is 0 Å². The van der Waals surface area contributed by atoms with Gasteiger partial charge in [-0.25, -0.2) is 0 Å². The Morgan fingerprint density at radius 2 is 1.13 bits per heavy atom. The van der Waals surface area contributed by atoms with Crippen molar-refractivity contribution in [3.05, 3.63) is 25.3 Å². The lowest BCUT2D eigenvalue weighted by atomic mass is 9.87. The van der Waals surface area contributed by atoms with E-state index in [9.17, 15) is 9.59 Å². The van der Waals surface area contributed by atoms with Gasteiger partial charge in [-0.05, 0) is 49.7 Å². The number of piperidine rings is 2. The maximum absolute atomic E-state index is 11.6. The molecule has 2 aliphatic heterocycles. The Kier molecular flexibility index (Phi) is 6.87. The van der Waals surface area contributed by atoms with E-state index >= 15 is 0 Å². The van der Waals surface area contributed by atoms with E-state index in [1.165, 1.54) is 31.4 Å². The predicted molar refractivity (Wildman–Crippen MR) is 92.9 cm³/mol. The minimum Gasteiger partial charge on any atom is -0.339 e. The second-order valence-electron chi connectivity index (χ2n) is 6.88. The molecule has 0 aromatic heterocycles. The maximum atomic E-state index is 11.6. The van der Waals surface area contributed by atoms with E-state index in [2.05, 4.69) is 13.2 Å². The zero-order valence-electron chi connectivity index (χ0n) is 14.2. The first-order valence-corrected chi connectivity index (χ1v) is 8.96. The molecule has 2 amide bonds. The Morgan fingerprint density at radius 1 is 0.783 bits per heavy atom. The highest BCUT2D eigenvalue weighted by atomic mass is 16.2. The third kappa shape index (κ3) is 5.22. The average molecular weight is 318 g/mol. The molecule has 0 spiro atoms. The molecule has 0 bridgehead atoms. The molecule has 0 radical (unpaired) electrons. The normalized spacial score (nSPS) is 20.3. The van der Waals surface area contributed by atoms with Crippen molar-refractivity contribution in [2.75, 3.05) is 26.2 Å². The predicted octanol–water partition coefficient (Wildman–Crippen LogP) is 3.01. The molecule has 2 heterocycles. The van der Waals surface area contributed by atoms with Crippen LogP contribution in [-0.2, 0) is 9.59 Å². The summed E-state index contributed by atoms with van der Waals surface area (Å²) in [6.07, 6.45) is 11.2. The summed E-state index contributed by atoms with van der Waals surface area (Å²) >= 11 is 0. The van der Waals surface area contributed by atoms with Gasteiger partial charge in [0, 0.05) is 26.2 Å². The molecule has 0 saturated carbocycles.